The van der Waals surface area contributed by atoms with Crippen LogP contribution in [0.25, 0.3) is 0 Å². The summed E-state index contributed by atoms with van der Waals surface area (Å²) in [5.74, 6) is 0. The van der Waals surface area contributed by atoms with Gasteiger partial charge in [-0.25, -0.2) is 0 Å². The van der Waals surface area contributed by atoms with Crippen LogP contribution in [0, 0.1) is 0 Å². The number of nitrogens with zero attached hydrogens (tertiary/aromatic N) is 1. The van der Waals surface area contributed by atoms with E-state index in [4.69, 9.17) is 0 Å². The molecular weight excluding hydrogens is 226 g/mol. The van der Waals surface area contributed by atoms with E-state index in [1.54, 1.807) is 0 Å². The lowest BCUT2D eigenvalue weighted by atomic mass is 10.2. The Hall–Kier alpha value is -1.41. The van der Waals surface area contributed by atoms with Gasteiger partial charge in [0.15, 0.2) is 0 Å². The molecule has 0 aliphatic carbocycles. The number of benzene rings is 1. The van der Waals surface area contributed by atoms with Gasteiger partial charge in [-0.1, -0.05) is 42.1 Å². The number of rotatable bonds is 1. The van der Waals surface area contributed by atoms with Crippen molar-refractivity contribution < 1.29 is 0 Å². The van der Waals surface area contributed by atoms with Crippen molar-refractivity contribution in [3.8, 4) is 0 Å². The van der Waals surface area contributed by atoms with E-state index in [0.29, 0.717) is 0 Å². The average Bonchev–Trinajstić information content (AvgIpc) is 2.37. The fraction of sp³-hybridized carbons (Fsp3) is 0.200. The molecule has 2 rings (SSSR count). The number of para-hydroxylation sites is 1. The molecule has 0 atom stereocenters. The Morgan fingerprint density at radius 1 is 1.18 bits per heavy atom. The molecule has 1 heterocycles. The maximum Gasteiger partial charge on any atom is 0.0550 e. The highest BCUT2D eigenvalue weighted by Crippen LogP contribution is 2.44. The van der Waals surface area contributed by atoms with Crippen molar-refractivity contribution >= 4 is 17.4 Å². The lowest BCUT2D eigenvalue weighted by molar-refractivity contribution is 1.08. The summed E-state index contributed by atoms with van der Waals surface area (Å²) >= 11 is 1.84. The molecular formula is C15H17NS. The van der Waals surface area contributed by atoms with E-state index in [1.807, 2.05) is 18.7 Å². The van der Waals surface area contributed by atoms with Crippen LogP contribution in [0.5, 0.6) is 0 Å². The first-order chi connectivity index (χ1) is 8.27. The summed E-state index contributed by atoms with van der Waals surface area (Å²) in [7, 11) is 2.12. The molecule has 0 amide bonds. The van der Waals surface area contributed by atoms with Crippen LogP contribution >= 0.6 is 11.8 Å². The minimum Gasteiger partial charge on any atom is -0.343 e. The Balaban J connectivity index is 2.50. The zero-order chi connectivity index (χ0) is 12.3. The second-order valence-electron chi connectivity index (χ2n) is 3.86. The van der Waals surface area contributed by atoms with Crippen LogP contribution in [0.15, 0.2) is 64.1 Å². The van der Waals surface area contributed by atoms with Gasteiger partial charge in [0.1, 0.15) is 0 Å². The maximum atomic E-state index is 2.25. The topological polar surface area (TPSA) is 3.24 Å². The summed E-state index contributed by atoms with van der Waals surface area (Å²) in [5.41, 5.74) is 2.54. The van der Waals surface area contributed by atoms with Crippen molar-refractivity contribution in [3.05, 3.63) is 59.2 Å². The van der Waals surface area contributed by atoms with Crippen molar-refractivity contribution in [2.45, 2.75) is 18.7 Å². The molecule has 0 spiro atoms. The van der Waals surface area contributed by atoms with Crippen LogP contribution in [0.3, 0.4) is 0 Å². The first-order valence-electron chi connectivity index (χ1n) is 5.78. The smallest absolute Gasteiger partial charge is 0.0550 e. The average molecular weight is 243 g/mol. The summed E-state index contributed by atoms with van der Waals surface area (Å²) in [5, 5.41) is 0. The Morgan fingerprint density at radius 3 is 2.65 bits per heavy atom. The highest BCUT2D eigenvalue weighted by Gasteiger charge is 2.21. The second kappa shape index (κ2) is 5.28. The molecule has 1 aliphatic rings. The largest absolute Gasteiger partial charge is 0.343 e. The van der Waals surface area contributed by atoms with E-state index in [-0.39, 0.29) is 0 Å². The van der Waals surface area contributed by atoms with Crippen LogP contribution in [0.1, 0.15) is 13.8 Å². The van der Waals surface area contributed by atoms with E-state index >= 15 is 0 Å². The quantitative estimate of drug-likeness (QED) is 0.709. The van der Waals surface area contributed by atoms with Gasteiger partial charge in [-0.3, -0.25) is 0 Å². The normalized spacial score (nSPS) is 20.3. The molecule has 88 valence electrons. The molecule has 0 radical (unpaired) electrons. The molecule has 0 N–H and O–H groups in total. The van der Waals surface area contributed by atoms with Crippen LogP contribution in [0.2, 0.25) is 0 Å². The van der Waals surface area contributed by atoms with Gasteiger partial charge >= 0.3 is 0 Å². The molecule has 2 heteroatoms. The summed E-state index contributed by atoms with van der Waals surface area (Å²) in [6.45, 7) is 4.13. The molecule has 0 fully saturated rings. The van der Waals surface area contributed by atoms with E-state index in [0.717, 1.165) is 0 Å². The number of allylic oxidation sites excluding steroid dienone is 4. The van der Waals surface area contributed by atoms with Crippen LogP contribution < -0.4 is 4.90 Å². The molecule has 1 aliphatic heterocycles. The number of hydrogen-bond donors (Lipinski definition) is 0. The molecule has 0 unspecified atom stereocenters. The monoisotopic (exact) mass is 243 g/mol. The highest BCUT2D eigenvalue weighted by atomic mass is 32.2. The molecule has 1 aromatic carbocycles. The molecule has 0 saturated heterocycles. The summed E-state index contributed by atoms with van der Waals surface area (Å²) in [6, 6.07) is 8.52. The Bertz CT molecular complexity index is 497. The Morgan fingerprint density at radius 2 is 1.94 bits per heavy atom. The predicted octanol–water partition coefficient (Wildman–Crippen LogP) is 4.59. The van der Waals surface area contributed by atoms with Crippen molar-refractivity contribution in [1.82, 2.24) is 0 Å². The third kappa shape index (κ3) is 2.32. The Kier molecular flexibility index (Phi) is 3.75. The lowest BCUT2D eigenvalue weighted by Crippen LogP contribution is -2.21. The van der Waals surface area contributed by atoms with E-state index < -0.39 is 0 Å². The number of anilines is 1. The number of thioether (sulfide) groups is 1. The zero-order valence-electron chi connectivity index (χ0n) is 10.5. The van der Waals surface area contributed by atoms with Gasteiger partial charge in [0, 0.05) is 16.8 Å². The van der Waals surface area contributed by atoms with Gasteiger partial charge in [0.05, 0.1) is 11.4 Å². The minimum absolute atomic E-state index is 1.26. The van der Waals surface area contributed by atoms with Crippen LogP contribution in [-0.4, -0.2) is 7.05 Å². The predicted molar refractivity (Wildman–Crippen MR) is 77.4 cm³/mol. The van der Waals surface area contributed by atoms with Gasteiger partial charge in [0.25, 0.3) is 0 Å². The lowest BCUT2D eigenvalue weighted by Gasteiger charge is -2.31. The highest BCUT2D eigenvalue weighted by molar-refractivity contribution is 8.03. The molecule has 1 nitrogen and oxygen atoms in total. The minimum atomic E-state index is 1.26. The molecule has 0 bridgehead atoms. The van der Waals surface area contributed by atoms with Gasteiger partial charge in [0.2, 0.25) is 0 Å². The van der Waals surface area contributed by atoms with Gasteiger partial charge in [-0.2, -0.15) is 0 Å². The van der Waals surface area contributed by atoms with Crippen molar-refractivity contribution in [2.75, 3.05) is 11.9 Å². The summed E-state index contributed by atoms with van der Waals surface area (Å²) in [4.78, 5) is 4.88. The van der Waals surface area contributed by atoms with E-state index in [1.165, 1.54) is 21.2 Å². The zero-order valence-corrected chi connectivity index (χ0v) is 11.3. The van der Waals surface area contributed by atoms with Gasteiger partial charge in [-0.05, 0) is 32.1 Å². The second-order valence-corrected chi connectivity index (χ2v) is 4.94. The number of fused-ring (bicyclic) bond motifs is 1. The Labute approximate surface area is 108 Å². The maximum absolute atomic E-state index is 2.25. The molecule has 0 aromatic heterocycles. The fourth-order valence-electron chi connectivity index (χ4n) is 1.87. The molecule has 1 aromatic rings. The van der Waals surface area contributed by atoms with Crippen molar-refractivity contribution in [2.24, 2.45) is 0 Å². The first-order valence-corrected chi connectivity index (χ1v) is 6.60. The third-order valence-corrected chi connectivity index (χ3v) is 4.00. The number of likely N-dealkylation sites (N-methyl/N-ethyl adjacent to an activating group) is 1. The third-order valence-electron chi connectivity index (χ3n) is 2.77. The molecule has 17 heavy (non-hydrogen) atoms. The number of hydrogen-bond acceptors (Lipinski definition) is 2. The van der Waals surface area contributed by atoms with Crippen molar-refractivity contribution in [1.29, 1.82) is 0 Å². The van der Waals surface area contributed by atoms with E-state index in [9.17, 15) is 0 Å². The van der Waals surface area contributed by atoms with Crippen LogP contribution in [0.4, 0.5) is 5.69 Å². The SMILES string of the molecule is C\C=C/C=C1\C(=C/C)Sc2ccccc2N1C. The summed E-state index contributed by atoms with van der Waals surface area (Å²) < 4.78 is 0. The van der Waals surface area contributed by atoms with E-state index in [2.05, 4.69) is 67.4 Å². The first kappa shape index (κ1) is 12.1. The van der Waals surface area contributed by atoms with Crippen LogP contribution in [-0.2, 0) is 0 Å². The molecule has 0 saturated carbocycles. The standard InChI is InChI=1S/C15H17NS/c1-4-6-9-12-14(5-2)17-15-11-8-7-10-13(15)16(12)3/h4-11H,1-3H3/b6-4-,12-9+,14-5+. The van der Waals surface area contributed by atoms with Crippen molar-refractivity contribution in [3.63, 3.8) is 0 Å². The summed E-state index contributed by atoms with van der Waals surface area (Å²) in [6.07, 6.45) is 8.48. The van der Waals surface area contributed by atoms with Gasteiger partial charge < -0.3 is 4.90 Å². The van der Waals surface area contributed by atoms with Gasteiger partial charge in [-0.15, -0.1) is 0 Å². The fourth-order valence-corrected chi connectivity index (χ4v) is 2.99.